The van der Waals surface area contributed by atoms with E-state index in [9.17, 15) is 8.42 Å². The Bertz CT molecular complexity index is 662. The second-order valence-electron chi connectivity index (χ2n) is 5.81. The summed E-state index contributed by atoms with van der Waals surface area (Å²) in [5.41, 5.74) is 1.01. The molecule has 2 rings (SSSR count). The van der Waals surface area contributed by atoms with E-state index < -0.39 is 10.0 Å². The maximum Gasteiger partial charge on any atom is 0.211 e. The summed E-state index contributed by atoms with van der Waals surface area (Å²) in [6, 6.07) is -0.00309. The van der Waals surface area contributed by atoms with Crippen LogP contribution in [-0.2, 0) is 16.6 Å². The van der Waals surface area contributed by atoms with Gasteiger partial charge >= 0.3 is 0 Å². The number of guanidine groups is 1. The molecular formula is C14H26IN5O2S2. The molecule has 0 amide bonds. The van der Waals surface area contributed by atoms with Crippen LogP contribution < -0.4 is 5.32 Å². The number of aryl methyl sites for hydroxylation is 1. The molecule has 7 nitrogen and oxygen atoms in total. The van der Waals surface area contributed by atoms with Crippen molar-refractivity contribution in [1.29, 1.82) is 0 Å². The first kappa shape index (κ1) is 21.6. The third kappa shape index (κ3) is 5.81. The van der Waals surface area contributed by atoms with E-state index in [0.717, 1.165) is 29.5 Å². The van der Waals surface area contributed by atoms with Crippen molar-refractivity contribution in [2.45, 2.75) is 32.4 Å². The van der Waals surface area contributed by atoms with Crippen LogP contribution in [0, 0.1) is 6.92 Å². The summed E-state index contributed by atoms with van der Waals surface area (Å²) in [6.45, 7) is 3.84. The van der Waals surface area contributed by atoms with Crippen LogP contribution in [0.2, 0.25) is 0 Å². The van der Waals surface area contributed by atoms with E-state index in [-0.39, 0.29) is 30.0 Å². The molecule has 1 fully saturated rings. The van der Waals surface area contributed by atoms with Crippen molar-refractivity contribution in [3.8, 4) is 0 Å². The lowest BCUT2D eigenvalue weighted by molar-refractivity contribution is 0.380. The predicted octanol–water partition coefficient (Wildman–Crippen LogP) is 1.50. The number of hydrogen-bond acceptors (Lipinski definition) is 5. The molecule has 0 radical (unpaired) electrons. The zero-order valence-electron chi connectivity index (χ0n) is 14.5. The Balaban J connectivity index is 0.00000288. The minimum Gasteiger partial charge on any atom is -0.355 e. The average Bonchev–Trinajstić information content (AvgIpc) is 3.08. The second-order valence-corrected chi connectivity index (χ2v) is 8.81. The number of rotatable bonds is 5. The van der Waals surface area contributed by atoms with Crippen LogP contribution in [0.1, 0.15) is 23.5 Å². The van der Waals surface area contributed by atoms with Crippen LogP contribution in [0.3, 0.4) is 0 Å². The average molecular weight is 487 g/mol. The van der Waals surface area contributed by atoms with Crippen LogP contribution in [0.25, 0.3) is 0 Å². The van der Waals surface area contributed by atoms with Gasteiger partial charge in [-0.15, -0.1) is 35.3 Å². The Morgan fingerprint density at radius 1 is 1.58 bits per heavy atom. The van der Waals surface area contributed by atoms with Gasteiger partial charge in [-0.3, -0.25) is 4.99 Å². The van der Waals surface area contributed by atoms with E-state index in [2.05, 4.69) is 15.3 Å². The zero-order valence-corrected chi connectivity index (χ0v) is 18.5. The fraction of sp³-hybridized carbons (Fsp3) is 0.714. The molecule has 1 saturated heterocycles. The normalized spacial score (nSPS) is 19.2. The van der Waals surface area contributed by atoms with Gasteiger partial charge in [-0.25, -0.2) is 13.4 Å². The van der Waals surface area contributed by atoms with Gasteiger partial charge in [0.05, 0.1) is 23.5 Å². The Hall–Kier alpha value is -0.460. The molecule has 1 aliphatic heterocycles. The number of aromatic nitrogens is 1. The van der Waals surface area contributed by atoms with Crippen LogP contribution in [-0.4, -0.2) is 68.0 Å². The first-order valence-corrected chi connectivity index (χ1v) is 10.3. The molecular weight excluding hydrogens is 461 g/mol. The van der Waals surface area contributed by atoms with Crippen molar-refractivity contribution < 1.29 is 8.42 Å². The molecule has 0 saturated carbocycles. The minimum atomic E-state index is -3.14. The van der Waals surface area contributed by atoms with Gasteiger partial charge in [0, 0.05) is 38.6 Å². The van der Waals surface area contributed by atoms with Gasteiger partial charge in [0.1, 0.15) is 0 Å². The van der Waals surface area contributed by atoms with E-state index in [1.807, 2.05) is 24.3 Å². The Kier molecular flexibility index (Phi) is 8.36. The Morgan fingerprint density at radius 2 is 2.29 bits per heavy atom. The van der Waals surface area contributed by atoms with Gasteiger partial charge < -0.3 is 10.2 Å². The van der Waals surface area contributed by atoms with Gasteiger partial charge in [0.2, 0.25) is 10.0 Å². The molecule has 2 heterocycles. The predicted molar refractivity (Wildman–Crippen MR) is 110 cm³/mol. The topological polar surface area (TPSA) is 77.9 Å². The summed E-state index contributed by atoms with van der Waals surface area (Å²) in [4.78, 5) is 10.7. The first-order valence-electron chi connectivity index (χ1n) is 7.61. The maximum absolute atomic E-state index is 11.8. The molecule has 1 aliphatic rings. The van der Waals surface area contributed by atoms with Crippen molar-refractivity contribution >= 4 is 51.3 Å². The van der Waals surface area contributed by atoms with Gasteiger partial charge in [0.15, 0.2) is 5.96 Å². The highest BCUT2D eigenvalue weighted by Crippen LogP contribution is 2.19. The minimum absolute atomic E-state index is 0. The maximum atomic E-state index is 11.8. The highest BCUT2D eigenvalue weighted by molar-refractivity contribution is 14.0. The molecule has 138 valence electrons. The van der Waals surface area contributed by atoms with Crippen molar-refractivity contribution in [3.63, 3.8) is 0 Å². The fourth-order valence-electron chi connectivity index (χ4n) is 2.84. The summed E-state index contributed by atoms with van der Waals surface area (Å²) in [6.07, 6.45) is 3.06. The number of halogens is 1. The van der Waals surface area contributed by atoms with Crippen molar-refractivity contribution in [1.82, 2.24) is 19.5 Å². The summed E-state index contributed by atoms with van der Waals surface area (Å²) >= 11 is 1.63. The zero-order chi connectivity index (χ0) is 17.0. The highest BCUT2D eigenvalue weighted by atomic mass is 127. The summed E-state index contributed by atoms with van der Waals surface area (Å²) in [5.74, 6) is 0.746. The van der Waals surface area contributed by atoms with E-state index in [4.69, 9.17) is 0 Å². The molecule has 0 aliphatic carbocycles. The number of aliphatic imine (C=N–C) groups is 1. The van der Waals surface area contributed by atoms with Gasteiger partial charge in [0.25, 0.3) is 0 Å². The number of nitrogens with zero attached hydrogens (tertiary/aromatic N) is 4. The highest BCUT2D eigenvalue weighted by Gasteiger charge is 2.31. The molecule has 0 bridgehead atoms. The van der Waals surface area contributed by atoms with Crippen LogP contribution in [0.15, 0.2) is 10.4 Å². The Morgan fingerprint density at radius 3 is 2.83 bits per heavy atom. The molecule has 1 atom stereocenters. The summed E-state index contributed by atoms with van der Waals surface area (Å²) in [7, 11) is 0.541. The molecule has 24 heavy (non-hydrogen) atoms. The lowest BCUT2D eigenvalue weighted by Crippen LogP contribution is -2.46. The van der Waals surface area contributed by atoms with Crippen LogP contribution in [0.5, 0.6) is 0 Å². The SMILES string of the molecule is CN=C(NC[C@H]1CCCN1S(C)(=O)=O)N(C)Cc1csc(C)n1.I. The third-order valence-electron chi connectivity index (χ3n) is 3.88. The molecule has 1 aromatic rings. The molecule has 1 aromatic heterocycles. The largest absolute Gasteiger partial charge is 0.355 e. The number of sulfonamides is 1. The smallest absolute Gasteiger partial charge is 0.211 e. The third-order valence-corrected chi connectivity index (χ3v) is 6.04. The molecule has 0 spiro atoms. The van der Waals surface area contributed by atoms with E-state index in [1.54, 1.807) is 22.7 Å². The van der Waals surface area contributed by atoms with E-state index in [1.165, 1.54) is 6.26 Å². The van der Waals surface area contributed by atoms with Crippen molar-refractivity contribution in [2.24, 2.45) is 4.99 Å². The standard InChI is InChI=1S/C14H25N5O2S2.HI/c1-11-17-12(10-22-11)9-18(3)14(15-2)16-8-13-6-5-7-19(13)23(4,20)21;/h10,13H,5-9H2,1-4H3,(H,15,16);1H/t13-;/m1./s1. The van der Waals surface area contributed by atoms with Crippen molar-refractivity contribution in [3.05, 3.63) is 16.1 Å². The molecule has 0 aromatic carbocycles. The van der Waals surface area contributed by atoms with Gasteiger partial charge in [-0.05, 0) is 19.8 Å². The lowest BCUT2D eigenvalue weighted by Gasteiger charge is -2.26. The summed E-state index contributed by atoms with van der Waals surface area (Å²) < 4.78 is 25.2. The van der Waals surface area contributed by atoms with Crippen molar-refractivity contribution in [2.75, 3.05) is 33.4 Å². The number of nitrogens with one attached hydrogen (secondary N) is 1. The second kappa shape index (κ2) is 9.30. The van der Waals surface area contributed by atoms with Crippen LogP contribution in [0.4, 0.5) is 0 Å². The molecule has 0 unspecified atom stereocenters. The van der Waals surface area contributed by atoms with Crippen LogP contribution >= 0.6 is 35.3 Å². The number of hydrogen-bond donors (Lipinski definition) is 1. The lowest BCUT2D eigenvalue weighted by atomic mass is 10.2. The fourth-order valence-corrected chi connectivity index (χ4v) is 4.63. The van der Waals surface area contributed by atoms with E-state index in [0.29, 0.717) is 19.6 Å². The van der Waals surface area contributed by atoms with E-state index >= 15 is 0 Å². The summed E-state index contributed by atoms with van der Waals surface area (Å²) in [5, 5.41) is 6.38. The molecule has 1 N–H and O–H groups in total. The van der Waals surface area contributed by atoms with Gasteiger partial charge in [-0.1, -0.05) is 0 Å². The first-order chi connectivity index (χ1) is 10.8. The Labute approximate surface area is 165 Å². The van der Waals surface area contributed by atoms with Gasteiger partial charge in [-0.2, -0.15) is 4.31 Å². The molecule has 10 heteroatoms. The quantitative estimate of drug-likeness (QED) is 0.387. The monoisotopic (exact) mass is 487 g/mol. The number of thiazole rings is 1.